The van der Waals surface area contributed by atoms with Gasteiger partial charge in [-0.05, 0) is 236 Å². The van der Waals surface area contributed by atoms with Crippen molar-refractivity contribution in [2.45, 2.75) is 174 Å². The molecule has 0 N–H and O–H groups in total. The molecule has 1 aliphatic heterocycles. The molecule has 440 valence electrons. The van der Waals surface area contributed by atoms with E-state index in [2.05, 4.69) is 199 Å². The van der Waals surface area contributed by atoms with Crippen molar-refractivity contribution in [3.05, 3.63) is 210 Å². The molecule has 15 rings (SSSR count). The van der Waals surface area contributed by atoms with E-state index in [0.717, 1.165) is 30.4 Å². The SMILES string of the molecule is CCCCCCCCCC(Oc1ccc(-c2ccc(-c3ccc4c(c3)C3(c5cc(-c6ccc7c(c6)C6(c8cc(-c9ccc(-c%10ccc(C)cc%10)cc9)ccc8-7)C7(CC)CCC6(CC)CC7)ccc5-4)C4(C)CCC3(C)CC4)cc2)cc1)N1C(=O)C=CC1=O. The molecule has 1 atom stereocenters. The quantitative estimate of drug-likeness (QED) is 0.0635. The first-order chi connectivity index (χ1) is 42.3. The summed E-state index contributed by atoms with van der Waals surface area (Å²) >= 11 is 0. The molecule has 2 amide bonds. The number of carbonyl (C=O) groups is 2. The van der Waals surface area contributed by atoms with Gasteiger partial charge in [0, 0.05) is 29.4 Å². The lowest BCUT2D eigenvalue weighted by molar-refractivity contribution is -0.146. The van der Waals surface area contributed by atoms with Crippen LogP contribution in [-0.4, -0.2) is 22.9 Å². The van der Waals surface area contributed by atoms with Crippen molar-refractivity contribution >= 4 is 11.8 Å². The fraction of sp³-hybridized carbons (Fsp3) is 0.373. The van der Waals surface area contributed by atoms with Crippen LogP contribution >= 0.6 is 0 Å². The molecule has 8 aromatic carbocycles. The Labute approximate surface area is 517 Å². The maximum Gasteiger partial charge on any atom is 0.256 e. The normalized spacial score (nSPS) is 26.1. The first-order valence-corrected chi connectivity index (χ1v) is 33.5. The average molecular weight is 1140 g/mol. The first kappa shape index (κ1) is 56.0. The molecule has 2 spiro atoms. The molecule has 1 heterocycles. The van der Waals surface area contributed by atoms with Crippen molar-refractivity contribution in [3.63, 3.8) is 0 Å². The van der Waals surface area contributed by atoms with E-state index < -0.39 is 6.23 Å². The Morgan fingerprint density at radius 3 is 1.10 bits per heavy atom. The summed E-state index contributed by atoms with van der Waals surface area (Å²) in [6, 6.07) is 65.9. The predicted octanol–water partition coefficient (Wildman–Crippen LogP) is 21.6. The maximum atomic E-state index is 12.8. The molecule has 8 aromatic rings. The number of unbranched alkanes of at least 4 members (excludes halogenated alkanes) is 6. The van der Waals surface area contributed by atoms with Gasteiger partial charge in [0.1, 0.15) is 5.75 Å². The summed E-state index contributed by atoms with van der Waals surface area (Å²) in [4.78, 5) is 26.9. The summed E-state index contributed by atoms with van der Waals surface area (Å²) in [7, 11) is 0. The molecule has 4 heteroatoms. The minimum Gasteiger partial charge on any atom is -0.470 e. The summed E-state index contributed by atoms with van der Waals surface area (Å²) in [5.41, 5.74) is 26.6. The molecule has 4 saturated carbocycles. The van der Waals surface area contributed by atoms with Crippen LogP contribution < -0.4 is 4.74 Å². The van der Waals surface area contributed by atoms with Gasteiger partial charge < -0.3 is 4.74 Å². The highest BCUT2D eigenvalue weighted by atomic mass is 16.5. The average Bonchev–Trinajstić information content (AvgIpc) is 1.49. The third-order valence-corrected chi connectivity index (χ3v) is 24.5. The van der Waals surface area contributed by atoms with Gasteiger partial charge in [-0.3, -0.25) is 9.59 Å². The lowest BCUT2D eigenvalue weighted by Crippen LogP contribution is -2.45. The predicted molar refractivity (Wildman–Crippen MR) is 357 cm³/mol. The number of nitrogens with zero attached hydrogens (tertiary/aromatic N) is 1. The zero-order chi connectivity index (χ0) is 59.5. The third-order valence-electron chi connectivity index (χ3n) is 24.5. The highest BCUT2D eigenvalue weighted by Gasteiger charge is 2.74. The molecule has 0 saturated heterocycles. The Kier molecular flexibility index (Phi) is 13.6. The van der Waals surface area contributed by atoms with E-state index >= 15 is 0 Å². The number of carbonyl (C=O) groups excluding carboxylic acids is 2. The number of rotatable bonds is 18. The number of imide groups is 1. The number of hydrogen-bond acceptors (Lipinski definition) is 3. The molecule has 4 fully saturated rings. The molecular formula is C83H85NO3. The topological polar surface area (TPSA) is 46.6 Å². The van der Waals surface area contributed by atoms with Crippen molar-refractivity contribution in [1.82, 2.24) is 4.90 Å². The van der Waals surface area contributed by atoms with Crippen LogP contribution in [0.3, 0.4) is 0 Å². The second kappa shape index (κ2) is 21.1. The van der Waals surface area contributed by atoms with Crippen molar-refractivity contribution in [2.75, 3.05) is 0 Å². The Hall–Kier alpha value is -7.56. The van der Waals surface area contributed by atoms with Crippen LogP contribution in [0.15, 0.2) is 182 Å². The zero-order valence-electron chi connectivity index (χ0n) is 52.3. The van der Waals surface area contributed by atoms with Gasteiger partial charge in [-0.1, -0.05) is 212 Å². The maximum absolute atomic E-state index is 12.8. The molecule has 7 aliphatic rings. The molecular weight excluding hydrogens is 1060 g/mol. The Morgan fingerprint density at radius 1 is 0.391 bits per heavy atom. The number of amides is 2. The van der Waals surface area contributed by atoms with Crippen LogP contribution in [-0.2, 0) is 20.4 Å². The van der Waals surface area contributed by atoms with Gasteiger partial charge >= 0.3 is 0 Å². The van der Waals surface area contributed by atoms with E-state index in [1.165, 1.54) is 185 Å². The van der Waals surface area contributed by atoms with Gasteiger partial charge in [0.25, 0.3) is 11.8 Å². The van der Waals surface area contributed by atoms with Crippen molar-refractivity contribution < 1.29 is 14.3 Å². The van der Waals surface area contributed by atoms with Gasteiger partial charge in [-0.15, -0.1) is 0 Å². The summed E-state index contributed by atoms with van der Waals surface area (Å²) in [5, 5.41) is 0. The third kappa shape index (κ3) is 8.20. The van der Waals surface area contributed by atoms with Gasteiger partial charge in [-0.25, -0.2) is 4.90 Å². The number of hydrogen-bond donors (Lipinski definition) is 0. The number of fused-ring (bicyclic) bond motifs is 6. The molecule has 4 nitrogen and oxygen atoms in total. The molecule has 1 unspecified atom stereocenters. The van der Waals surface area contributed by atoms with Crippen LogP contribution in [0.5, 0.6) is 5.75 Å². The monoisotopic (exact) mass is 1140 g/mol. The first-order valence-electron chi connectivity index (χ1n) is 33.5. The fourth-order valence-electron chi connectivity index (χ4n) is 19.9. The Balaban J connectivity index is 0.739. The van der Waals surface area contributed by atoms with Crippen LogP contribution in [0, 0.1) is 28.6 Å². The Morgan fingerprint density at radius 2 is 0.713 bits per heavy atom. The molecule has 6 aliphatic carbocycles. The minimum absolute atomic E-state index is 0.0371. The lowest BCUT2D eigenvalue weighted by atomic mass is 9.55. The van der Waals surface area contributed by atoms with E-state index in [1.54, 1.807) is 16.7 Å². The van der Waals surface area contributed by atoms with Crippen LogP contribution in [0.25, 0.3) is 77.9 Å². The van der Waals surface area contributed by atoms with E-state index in [-0.39, 0.29) is 44.3 Å². The van der Waals surface area contributed by atoms with Crippen molar-refractivity contribution in [3.8, 4) is 83.6 Å². The largest absolute Gasteiger partial charge is 0.470 e. The number of benzene rings is 8. The van der Waals surface area contributed by atoms with Crippen molar-refractivity contribution in [2.24, 2.45) is 21.7 Å². The van der Waals surface area contributed by atoms with Gasteiger partial charge in [-0.2, -0.15) is 0 Å². The van der Waals surface area contributed by atoms with Gasteiger partial charge in [0.15, 0.2) is 6.23 Å². The zero-order valence-corrected chi connectivity index (χ0v) is 52.3. The second-order valence-electron chi connectivity index (χ2n) is 28.3. The van der Waals surface area contributed by atoms with E-state index in [0.29, 0.717) is 12.2 Å². The smallest absolute Gasteiger partial charge is 0.256 e. The van der Waals surface area contributed by atoms with E-state index in [1.807, 2.05) is 12.1 Å². The molecule has 87 heavy (non-hydrogen) atoms. The van der Waals surface area contributed by atoms with E-state index in [4.69, 9.17) is 4.74 Å². The summed E-state index contributed by atoms with van der Waals surface area (Å²) in [6.45, 7) is 14.7. The van der Waals surface area contributed by atoms with Gasteiger partial charge in [0.2, 0.25) is 0 Å². The van der Waals surface area contributed by atoms with Crippen LogP contribution in [0.4, 0.5) is 0 Å². The van der Waals surface area contributed by atoms with Crippen LogP contribution in [0.2, 0.25) is 0 Å². The summed E-state index contributed by atoms with van der Waals surface area (Å²) in [5.74, 6) is 0.0503. The molecule has 4 bridgehead atoms. The highest BCUT2D eigenvalue weighted by molar-refractivity contribution is 6.13. The standard InChI is InChI=1S/C83H85NO3/c1-7-10-11-12-13-14-15-16-77(84-75(85)41-42-76(84)86)87-66-35-29-59(30-36-66)58-23-27-60(28-24-58)62-31-37-67-68-39-33-64(53-72(68)82(71(67)51-62)78(5)43-45-79(82,6)46-44-78)65-34-40-70-69-38-32-63(61-25-21-57(22-26-61)56-19-17-55(4)18-20-56)52-73(69)83(74(70)54-65)80(8-2)47-49-81(83,9-3)50-48-80/h17-42,51-54,77H,7-16,43-50H2,1-6H3. The van der Waals surface area contributed by atoms with Gasteiger partial charge in [0.05, 0.1) is 0 Å². The lowest BCUT2D eigenvalue weighted by Gasteiger charge is -2.47. The summed E-state index contributed by atoms with van der Waals surface area (Å²) in [6.07, 6.45) is 23.4. The second-order valence-corrected chi connectivity index (χ2v) is 28.3. The van der Waals surface area contributed by atoms with E-state index in [9.17, 15) is 9.59 Å². The number of aryl methyl sites for hydroxylation is 1. The van der Waals surface area contributed by atoms with Crippen LogP contribution in [0.1, 0.15) is 178 Å². The molecule has 0 radical (unpaired) electrons. The fourth-order valence-corrected chi connectivity index (χ4v) is 19.9. The van der Waals surface area contributed by atoms with Crippen molar-refractivity contribution in [1.29, 1.82) is 0 Å². The Bertz CT molecular complexity index is 3970. The highest BCUT2D eigenvalue weighted by Crippen LogP contribution is 2.81. The minimum atomic E-state index is -0.632. The molecule has 0 aromatic heterocycles. The number of ether oxygens (including phenoxy) is 1. The summed E-state index contributed by atoms with van der Waals surface area (Å²) < 4.78 is 6.46.